The molecule has 1 aromatic heterocycles. The lowest BCUT2D eigenvalue weighted by atomic mass is 9.75. The van der Waals surface area contributed by atoms with E-state index in [-0.39, 0.29) is 28.5 Å². The summed E-state index contributed by atoms with van der Waals surface area (Å²) in [5.41, 5.74) is 5.62. The molecule has 6 heteroatoms. The predicted octanol–water partition coefficient (Wildman–Crippen LogP) is 7.24. The van der Waals surface area contributed by atoms with Crippen molar-refractivity contribution in [2.75, 3.05) is 13.7 Å². The maximum Gasteiger partial charge on any atom is 0.309 e. The van der Waals surface area contributed by atoms with Crippen LogP contribution in [0, 0.1) is 11.7 Å². The molecule has 5 nitrogen and oxygen atoms in total. The average molecular weight is 542 g/mol. The zero-order valence-electron chi connectivity index (χ0n) is 23.3. The Hall–Kier alpha value is -3.67. The number of ether oxygens (including phenoxy) is 3. The average Bonchev–Trinajstić information content (AvgIpc) is 3.31. The molecule has 40 heavy (non-hydrogen) atoms. The monoisotopic (exact) mass is 541 g/mol. The van der Waals surface area contributed by atoms with Gasteiger partial charge in [-0.25, -0.2) is 9.37 Å². The van der Waals surface area contributed by atoms with Crippen LogP contribution in [-0.4, -0.2) is 24.7 Å². The summed E-state index contributed by atoms with van der Waals surface area (Å²) in [5.74, 6) is 0.665. The van der Waals surface area contributed by atoms with Gasteiger partial charge in [0.1, 0.15) is 18.2 Å². The minimum absolute atomic E-state index is 0.0484. The summed E-state index contributed by atoms with van der Waals surface area (Å²) in [7, 11) is 1.54. The number of carbonyl (C=O) groups excluding carboxylic acids is 1. The van der Waals surface area contributed by atoms with Crippen LogP contribution in [0.25, 0.3) is 11.1 Å². The number of aromatic nitrogens is 1. The number of aryl methyl sites for hydroxylation is 1. The Morgan fingerprint density at radius 1 is 1.10 bits per heavy atom. The summed E-state index contributed by atoms with van der Waals surface area (Å²) in [6.07, 6.45) is 10.3. The summed E-state index contributed by atoms with van der Waals surface area (Å²) in [6, 6.07) is 14.1. The fourth-order valence-electron chi connectivity index (χ4n) is 7.07. The van der Waals surface area contributed by atoms with Gasteiger partial charge in [0.25, 0.3) is 0 Å². The van der Waals surface area contributed by atoms with Gasteiger partial charge in [0.15, 0.2) is 0 Å². The van der Waals surface area contributed by atoms with Crippen molar-refractivity contribution in [3.8, 4) is 22.8 Å². The van der Waals surface area contributed by atoms with E-state index in [1.165, 1.54) is 24.4 Å². The third kappa shape index (κ3) is 4.47. The molecule has 3 aliphatic carbocycles. The fourth-order valence-corrected chi connectivity index (χ4v) is 7.07. The van der Waals surface area contributed by atoms with Crippen molar-refractivity contribution < 1.29 is 23.4 Å². The van der Waals surface area contributed by atoms with Gasteiger partial charge in [-0.2, -0.15) is 0 Å². The van der Waals surface area contributed by atoms with Gasteiger partial charge in [-0.3, -0.25) is 4.79 Å². The Morgan fingerprint density at radius 2 is 1.93 bits per heavy atom. The number of fused-ring (bicyclic) bond motifs is 2. The van der Waals surface area contributed by atoms with Gasteiger partial charge in [-0.1, -0.05) is 43.2 Å². The molecule has 2 atom stereocenters. The van der Waals surface area contributed by atoms with Crippen LogP contribution < -0.4 is 9.47 Å². The number of allylic oxidation sites excluding steroid dienone is 1. The number of hydrogen-bond donors (Lipinski definition) is 0. The maximum absolute atomic E-state index is 15.1. The highest BCUT2D eigenvalue weighted by Crippen LogP contribution is 2.62. The highest BCUT2D eigenvalue weighted by molar-refractivity contribution is 5.80. The van der Waals surface area contributed by atoms with Crippen LogP contribution in [0.15, 0.2) is 61.3 Å². The molecule has 3 aliphatic rings. The molecule has 0 N–H and O–H groups in total. The van der Waals surface area contributed by atoms with E-state index in [2.05, 4.69) is 29.8 Å². The van der Waals surface area contributed by atoms with Gasteiger partial charge >= 0.3 is 5.97 Å². The normalized spacial score (nSPS) is 22.1. The number of hydrogen-bond acceptors (Lipinski definition) is 5. The molecule has 2 fully saturated rings. The van der Waals surface area contributed by atoms with Crippen molar-refractivity contribution in [2.24, 2.45) is 5.92 Å². The summed E-state index contributed by atoms with van der Waals surface area (Å²) in [6.45, 7) is 6.85. The van der Waals surface area contributed by atoms with Crippen LogP contribution >= 0.6 is 0 Å². The molecule has 0 amide bonds. The molecule has 0 radical (unpaired) electrons. The summed E-state index contributed by atoms with van der Waals surface area (Å²) in [5, 5.41) is 0. The number of rotatable bonds is 9. The zero-order chi connectivity index (χ0) is 27.9. The number of halogens is 1. The smallest absolute Gasteiger partial charge is 0.309 e. The van der Waals surface area contributed by atoms with Gasteiger partial charge in [-0.05, 0) is 79.0 Å². The van der Waals surface area contributed by atoms with E-state index >= 15 is 4.39 Å². The Balaban J connectivity index is 1.29. The lowest BCUT2D eigenvalue weighted by Crippen LogP contribution is -2.20. The predicted molar refractivity (Wildman–Crippen MR) is 152 cm³/mol. The molecule has 3 aromatic rings. The molecule has 1 heterocycles. The second-order valence-corrected chi connectivity index (χ2v) is 11.4. The maximum atomic E-state index is 15.1. The van der Waals surface area contributed by atoms with E-state index in [4.69, 9.17) is 14.2 Å². The van der Waals surface area contributed by atoms with Crippen LogP contribution in [0.5, 0.6) is 11.6 Å². The van der Waals surface area contributed by atoms with E-state index in [9.17, 15) is 4.79 Å². The zero-order valence-corrected chi connectivity index (χ0v) is 23.3. The van der Waals surface area contributed by atoms with Gasteiger partial charge in [0, 0.05) is 22.5 Å². The first-order valence-electron chi connectivity index (χ1n) is 14.3. The third-order valence-electron chi connectivity index (χ3n) is 9.35. The fraction of sp³-hybridized carbons (Fsp3) is 0.412. The Bertz CT molecular complexity index is 1460. The van der Waals surface area contributed by atoms with Crippen molar-refractivity contribution in [1.29, 1.82) is 0 Å². The summed E-state index contributed by atoms with van der Waals surface area (Å²) >= 11 is 0. The highest BCUT2D eigenvalue weighted by atomic mass is 19.1. The van der Waals surface area contributed by atoms with E-state index in [1.807, 2.05) is 31.2 Å². The minimum atomic E-state index is -0.378. The second-order valence-electron chi connectivity index (χ2n) is 11.4. The number of pyridine rings is 1. The van der Waals surface area contributed by atoms with Gasteiger partial charge in [-0.15, -0.1) is 6.58 Å². The first-order valence-corrected chi connectivity index (χ1v) is 14.3. The third-order valence-corrected chi connectivity index (χ3v) is 9.35. The molecule has 1 spiro atoms. The molecular weight excluding hydrogens is 505 g/mol. The van der Waals surface area contributed by atoms with Crippen LogP contribution in [0.1, 0.15) is 67.7 Å². The molecule has 0 bridgehead atoms. The van der Waals surface area contributed by atoms with Crippen molar-refractivity contribution >= 4 is 5.97 Å². The SMILES string of the molecule is C=CC1(c2cc(COc3ccc4c(c3)[C@]3(CC4)CC3C(=O)OCC)ccc2-c2cc(OC)ncc2F)CCCC1. The Kier molecular flexibility index (Phi) is 6.89. The van der Waals surface area contributed by atoms with Crippen LogP contribution in [0.3, 0.4) is 0 Å². The molecule has 1 unspecified atom stereocenters. The van der Waals surface area contributed by atoms with E-state index < -0.39 is 0 Å². The van der Waals surface area contributed by atoms with E-state index in [1.54, 1.807) is 6.07 Å². The van der Waals surface area contributed by atoms with E-state index in [0.717, 1.165) is 67.4 Å². The van der Waals surface area contributed by atoms with E-state index in [0.29, 0.717) is 24.7 Å². The van der Waals surface area contributed by atoms with Crippen LogP contribution in [0.2, 0.25) is 0 Å². The second kappa shape index (κ2) is 10.4. The van der Waals surface area contributed by atoms with Crippen LogP contribution in [-0.2, 0) is 33.4 Å². The van der Waals surface area contributed by atoms with Crippen molar-refractivity contribution in [1.82, 2.24) is 4.98 Å². The van der Waals surface area contributed by atoms with Crippen molar-refractivity contribution in [2.45, 2.75) is 69.3 Å². The summed E-state index contributed by atoms with van der Waals surface area (Å²) in [4.78, 5) is 16.5. The quantitative estimate of drug-likeness (QED) is 0.211. The summed E-state index contributed by atoms with van der Waals surface area (Å²) < 4.78 is 32.0. The van der Waals surface area contributed by atoms with Gasteiger partial charge in [0.2, 0.25) is 5.88 Å². The number of benzene rings is 2. The Morgan fingerprint density at radius 3 is 2.67 bits per heavy atom. The number of nitrogens with zero attached hydrogens (tertiary/aromatic N) is 1. The van der Waals surface area contributed by atoms with Crippen molar-refractivity contribution in [3.05, 3.63) is 89.4 Å². The molecule has 0 saturated heterocycles. The topological polar surface area (TPSA) is 57.7 Å². The molecule has 208 valence electrons. The van der Waals surface area contributed by atoms with Crippen LogP contribution in [0.4, 0.5) is 4.39 Å². The number of esters is 1. The standard InChI is InChI=1S/C34H36FNO4/c1-4-33(13-6-7-14-33)28-16-22(8-11-25(28)26-18-31(38-3)36-20-30(26)35)21-40-24-10-9-23-12-15-34(27(23)17-24)19-29(34)32(37)39-5-2/h4,8-11,16-18,20,29H,1,5-7,12-15,19,21H2,2-3H3/t29?,34-/m0/s1. The number of carbonyl (C=O) groups is 1. The molecule has 0 aliphatic heterocycles. The first kappa shape index (κ1) is 26.5. The largest absolute Gasteiger partial charge is 0.489 e. The van der Waals surface area contributed by atoms with Crippen molar-refractivity contribution in [3.63, 3.8) is 0 Å². The first-order chi connectivity index (χ1) is 19.4. The number of methoxy groups -OCH3 is 1. The molecule has 2 aromatic carbocycles. The molecule has 2 saturated carbocycles. The lowest BCUT2D eigenvalue weighted by Gasteiger charge is -2.29. The van der Waals surface area contributed by atoms with Gasteiger partial charge < -0.3 is 14.2 Å². The minimum Gasteiger partial charge on any atom is -0.489 e. The van der Waals surface area contributed by atoms with Gasteiger partial charge in [0.05, 0.1) is 25.8 Å². The molecular formula is C34H36FNO4. The molecule has 6 rings (SSSR count). The Labute approximate surface area is 235 Å². The highest BCUT2D eigenvalue weighted by Gasteiger charge is 2.62. The lowest BCUT2D eigenvalue weighted by molar-refractivity contribution is -0.145.